The summed E-state index contributed by atoms with van der Waals surface area (Å²) in [6.07, 6.45) is 0. The summed E-state index contributed by atoms with van der Waals surface area (Å²) in [6.45, 7) is 0. The monoisotopic (exact) mass is 333 g/mol. The smallest absolute Gasteiger partial charge is 0.115 e. The third-order valence-electron chi connectivity index (χ3n) is 4.10. The van der Waals surface area contributed by atoms with Gasteiger partial charge < -0.3 is 10.3 Å². The second-order valence-electron chi connectivity index (χ2n) is 5.60. The number of alkyl halides is 1. The highest BCUT2D eigenvalue weighted by Crippen LogP contribution is 2.35. The maximum Gasteiger partial charge on any atom is 0.115 e. The molecule has 0 aliphatic rings. The molecule has 2 N–H and O–H groups in total. The average Bonchev–Trinajstić information content (AvgIpc) is 2.97. The van der Waals surface area contributed by atoms with Crippen LogP contribution in [0.25, 0.3) is 27.5 Å². The molecule has 3 aromatic carbocycles. The van der Waals surface area contributed by atoms with E-state index in [-0.39, 0.29) is 5.88 Å². The normalized spacial score (nSPS) is 12.1. The molecule has 0 aliphatic heterocycles. The lowest BCUT2D eigenvalue weighted by atomic mass is 10.2. The fraction of sp³-hybridized carbons (Fsp3) is 0.0500. The van der Waals surface area contributed by atoms with E-state index in [1.165, 1.54) is 10.8 Å². The zero-order chi connectivity index (χ0) is 16.5. The van der Waals surface area contributed by atoms with E-state index in [0.717, 1.165) is 22.4 Å². The van der Waals surface area contributed by atoms with Gasteiger partial charge in [-0.25, -0.2) is 4.99 Å². The number of nitrogens with two attached hydrogens (primary N) is 1. The average molecular weight is 334 g/mol. The summed E-state index contributed by atoms with van der Waals surface area (Å²) in [5.41, 5.74) is 9.95. The van der Waals surface area contributed by atoms with Gasteiger partial charge in [-0.15, -0.1) is 11.6 Å². The van der Waals surface area contributed by atoms with E-state index in [9.17, 15) is 0 Å². The van der Waals surface area contributed by atoms with Gasteiger partial charge in [0.25, 0.3) is 0 Å². The number of hydrogen-bond acceptors (Lipinski definition) is 1. The maximum atomic E-state index is 5.86. The molecule has 24 heavy (non-hydrogen) atoms. The molecule has 0 aliphatic carbocycles. The van der Waals surface area contributed by atoms with Gasteiger partial charge in [-0.1, -0.05) is 48.5 Å². The van der Waals surface area contributed by atoms with E-state index in [0.29, 0.717) is 5.84 Å². The first-order chi connectivity index (χ1) is 11.8. The molecule has 1 heterocycles. The summed E-state index contributed by atoms with van der Waals surface area (Å²) in [5.74, 6) is 0.617. The molecule has 0 unspecified atom stereocenters. The van der Waals surface area contributed by atoms with Crippen LogP contribution in [0.1, 0.15) is 0 Å². The van der Waals surface area contributed by atoms with Crippen molar-refractivity contribution in [3.05, 3.63) is 72.8 Å². The molecule has 118 valence electrons. The van der Waals surface area contributed by atoms with Crippen molar-refractivity contribution in [2.75, 3.05) is 5.88 Å². The Labute approximate surface area is 145 Å². The fourth-order valence-corrected chi connectivity index (χ4v) is 3.17. The molecular weight excluding hydrogens is 318 g/mol. The van der Waals surface area contributed by atoms with Crippen LogP contribution in [0.4, 0.5) is 5.69 Å². The van der Waals surface area contributed by atoms with Crippen molar-refractivity contribution in [2.24, 2.45) is 10.7 Å². The molecule has 0 saturated heterocycles. The number of rotatable bonds is 3. The lowest BCUT2D eigenvalue weighted by Crippen LogP contribution is -2.12. The predicted molar refractivity (Wildman–Crippen MR) is 103 cm³/mol. The van der Waals surface area contributed by atoms with Crippen LogP contribution in [0.5, 0.6) is 0 Å². The van der Waals surface area contributed by atoms with E-state index in [1.54, 1.807) is 0 Å². The Morgan fingerprint density at radius 3 is 2.00 bits per heavy atom. The highest BCUT2D eigenvalue weighted by atomic mass is 35.5. The Morgan fingerprint density at radius 2 is 1.38 bits per heavy atom. The first-order valence-corrected chi connectivity index (χ1v) is 8.29. The number of nitrogens with zero attached hydrogens (tertiary/aromatic N) is 2. The third kappa shape index (κ3) is 2.34. The molecular formula is C20H16ClN3. The topological polar surface area (TPSA) is 43.3 Å². The van der Waals surface area contributed by atoms with Crippen molar-refractivity contribution < 1.29 is 0 Å². The van der Waals surface area contributed by atoms with Gasteiger partial charge in [0, 0.05) is 10.8 Å². The number of halogens is 1. The molecule has 4 heteroatoms. The van der Waals surface area contributed by atoms with Gasteiger partial charge in [0.15, 0.2) is 0 Å². The minimum absolute atomic E-state index is 0.210. The Hall–Kier alpha value is -2.78. The van der Waals surface area contributed by atoms with Gasteiger partial charge in [-0.3, -0.25) is 0 Å². The summed E-state index contributed by atoms with van der Waals surface area (Å²) in [6, 6.07) is 24.8. The summed E-state index contributed by atoms with van der Waals surface area (Å²) in [4.78, 5) is 4.49. The number of aromatic nitrogens is 1. The van der Waals surface area contributed by atoms with Gasteiger partial charge in [-0.2, -0.15) is 0 Å². The number of benzene rings is 3. The van der Waals surface area contributed by atoms with Crippen molar-refractivity contribution in [1.29, 1.82) is 0 Å². The zero-order valence-corrected chi connectivity index (χ0v) is 13.7. The molecule has 4 aromatic rings. The highest BCUT2D eigenvalue weighted by Gasteiger charge is 2.13. The fourth-order valence-electron chi connectivity index (χ4n) is 3.11. The number of amidine groups is 1. The molecule has 0 amide bonds. The van der Waals surface area contributed by atoms with Crippen LogP contribution >= 0.6 is 11.6 Å². The van der Waals surface area contributed by atoms with Crippen molar-refractivity contribution >= 4 is 44.9 Å². The SMILES string of the molecule is NC(CCl)=Nc1ccccc1-n1c2ccccc2c2ccccc21. The lowest BCUT2D eigenvalue weighted by molar-refractivity contribution is 1.17. The number of aliphatic imine (C=N–C) groups is 1. The third-order valence-corrected chi connectivity index (χ3v) is 4.38. The molecule has 4 rings (SSSR count). The summed E-state index contributed by atoms with van der Waals surface area (Å²) >= 11 is 5.81. The molecule has 0 spiro atoms. The zero-order valence-electron chi connectivity index (χ0n) is 13.0. The molecule has 0 atom stereocenters. The predicted octanol–water partition coefficient (Wildman–Crippen LogP) is 5.01. The molecule has 0 saturated carbocycles. The molecule has 0 radical (unpaired) electrons. The standard InChI is InChI=1S/C20H16ClN3/c21-13-20(22)23-16-9-3-6-12-19(16)24-17-10-4-1-7-14(17)15-8-2-5-11-18(15)24/h1-12H,13H2,(H2,22,23). The van der Waals surface area contributed by atoms with Crippen LogP contribution in [0, 0.1) is 0 Å². The molecule has 3 nitrogen and oxygen atoms in total. The van der Waals surface area contributed by atoms with Crippen LogP contribution in [0.3, 0.4) is 0 Å². The Balaban J connectivity index is 2.11. The Bertz CT molecular complexity index is 1010. The van der Waals surface area contributed by atoms with Gasteiger partial charge in [0.2, 0.25) is 0 Å². The van der Waals surface area contributed by atoms with Crippen molar-refractivity contribution in [2.45, 2.75) is 0 Å². The van der Waals surface area contributed by atoms with E-state index in [2.05, 4.69) is 64.2 Å². The van der Waals surface area contributed by atoms with Crippen LogP contribution in [-0.4, -0.2) is 16.3 Å². The maximum absolute atomic E-state index is 5.86. The first-order valence-electron chi connectivity index (χ1n) is 7.76. The van der Waals surface area contributed by atoms with Crippen molar-refractivity contribution in [3.63, 3.8) is 0 Å². The van der Waals surface area contributed by atoms with Crippen molar-refractivity contribution in [1.82, 2.24) is 4.57 Å². The van der Waals surface area contributed by atoms with Crippen LogP contribution in [-0.2, 0) is 0 Å². The van der Waals surface area contributed by atoms with Crippen molar-refractivity contribution in [3.8, 4) is 5.69 Å². The number of fused-ring (bicyclic) bond motifs is 3. The largest absolute Gasteiger partial charge is 0.386 e. The summed E-state index contributed by atoms with van der Waals surface area (Å²) in [5, 5.41) is 2.44. The van der Waals surface area contributed by atoms with Gasteiger partial charge >= 0.3 is 0 Å². The van der Waals surface area contributed by atoms with E-state index >= 15 is 0 Å². The number of para-hydroxylation sites is 4. The van der Waals surface area contributed by atoms with E-state index in [1.807, 2.05) is 18.2 Å². The minimum atomic E-state index is 0.210. The molecule has 0 bridgehead atoms. The second kappa shape index (κ2) is 6.02. The van der Waals surface area contributed by atoms with Crippen LogP contribution in [0.2, 0.25) is 0 Å². The van der Waals surface area contributed by atoms with E-state index in [4.69, 9.17) is 17.3 Å². The Morgan fingerprint density at radius 1 is 0.833 bits per heavy atom. The quantitative estimate of drug-likeness (QED) is 0.319. The second-order valence-corrected chi connectivity index (χ2v) is 5.86. The Kier molecular flexibility index (Phi) is 3.71. The first kappa shape index (κ1) is 14.8. The van der Waals surface area contributed by atoms with Crippen LogP contribution in [0.15, 0.2) is 77.8 Å². The number of hydrogen-bond donors (Lipinski definition) is 1. The van der Waals surface area contributed by atoms with E-state index < -0.39 is 0 Å². The summed E-state index contributed by atoms with van der Waals surface area (Å²) < 4.78 is 2.23. The molecule has 1 aromatic heterocycles. The van der Waals surface area contributed by atoms with Gasteiger partial charge in [-0.05, 0) is 24.3 Å². The lowest BCUT2D eigenvalue weighted by Gasteiger charge is -2.11. The van der Waals surface area contributed by atoms with Gasteiger partial charge in [0.1, 0.15) is 5.84 Å². The highest BCUT2D eigenvalue weighted by molar-refractivity contribution is 6.28. The molecule has 0 fully saturated rings. The van der Waals surface area contributed by atoms with Gasteiger partial charge in [0.05, 0.1) is 28.3 Å². The minimum Gasteiger partial charge on any atom is -0.386 e. The summed E-state index contributed by atoms with van der Waals surface area (Å²) in [7, 11) is 0. The van der Waals surface area contributed by atoms with Crippen LogP contribution < -0.4 is 5.73 Å².